The van der Waals surface area contributed by atoms with E-state index >= 15 is 0 Å². The van der Waals surface area contributed by atoms with Crippen LogP contribution < -0.4 is 40.1 Å². The molecule has 0 bridgehead atoms. The maximum atomic E-state index is 13.1. The van der Waals surface area contributed by atoms with Gasteiger partial charge >= 0.3 is 16.4 Å². The minimum Gasteiger partial charge on any atom is -0.480 e. The van der Waals surface area contributed by atoms with Gasteiger partial charge in [-0.05, 0) is 60.2 Å². The molecule has 8 atom stereocenters. The first-order valence-corrected chi connectivity index (χ1v) is 21.7. The SMILES string of the molecule is CSCC[C@H](NC(=O)[C@H](Cc1ccccc1)NC(=O)CNC(=O)CNC(=O)[C@@H](N)Cc1ccc(OS(=O)(=O)Oc2ccccc2OC2O[C@H](CO)[C@H](O)[C@H](O)C2O)cc1)C(=O)O. The summed E-state index contributed by atoms with van der Waals surface area (Å²) in [6.07, 6.45) is -6.11. The van der Waals surface area contributed by atoms with Crippen molar-refractivity contribution < 1.29 is 75.8 Å². The van der Waals surface area contributed by atoms with Crippen LogP contribution in [0.5, 0.6) is 17.2 Å². The number of carboxylic acids is 1. The van der Waals surface area contributed by atoms with E-state index in [0.29, 0.717) is 16.9 Å². The zero-order valence-electron chi connectivity index (χ0n) is 33.2. The Bertz CT molecular complexity index is 2080. The maximum Gasteiger partial charge on any atom is 0.501 e. The van der Waals surface area contributed by atoms with E-state index < -0.39 is 114 Å². The molecule has 0 aromatic heterocycles. The number of nitrogens with two attached hydrogens (primary N) is 1. The summed E-state index contributed by atoms with van der Waals surface area (Å²) in [5.74, 6) is -4.51. The van der Waals surface area contributed by atoms with E-state index in [1.165, 1.54) is 60.3 Å². The van der Waals surface area contributed by atoms with Gasteiger partial charge in [-0.3, -0.25) is 19.2 Å². The number of aliphatic hydroxyl groups excluding tert-OH is 4. The van der Waals surface area contributed by atoms with Gasteiger partial charge in [0.05, 0.1) is 25.7 Å². The molecule has 0 spiro atoms. The molecule has 4 rings (SSSR count). The van der Waals surface area contributed by atoms with Crippen molar-refractivity contribution in [2.75, 3.05) is 31.7 Å². The quantitative estimate of drug-likeness (QED) is 0.0479. The van der Waals surface area contributed by atoms with Gasteiger partial charge in [0.25, 0.3) is 0 Å². The Morgan fingerprint density at radius 1 is 0.758 bits per heavy atom. The molecule has 1 heterocycles. The molecule has 23 heteroatoms. The molecule has 62 heavy (non-hydrogen) atoms. The van der Waals surface area contributed by atoms with Crippen LogP contribution in [0.25, 0.3) is 0 Å². The van der Waals surface area contributed by atoms with Crippen molar-refractivity contribution in [3.8, 4) is 17.2 Å². The lowest BCUT2D eigenvalue weighted by Gasteiger charge is -2.39. The molecular weight excluding hydrogens is 859 g/mol. The lowest BCUT2D eigenvalue weighted by atomic mass is 9.99. The number of amides is 4. The topological polar surface area (TPSA) is 332 Å². The zero-order valence-corrected chi connectivity index (χ0v) is 34.8. The van der Waals surface area contributed by atoms with Crippen molar-refractivity contribution in [1.82, 2.24) is 21.3 Å². The van der Waals surface area contributed by atoms with Gasteiger partial charge in [0, 0.05) is 6.42 Å². The minimum atomic E-state index is -4.81. The van der Waals surface area contributed by atoms with Gasteiger partial charge in [0.1, 0.15) is 42.2 Å². The highest BCUT2D eigenvalue weighted by atomic mass is 32.3. The van der Waals surface area contributed by atoms with Crippen molar-refractivity contribution in [2.45, 2.75) is 68.1 Å². The zero-order chi connectivity index (χ0) is 45.4. The Hall–Kier alpha value is -5.53. The molecule has 1 aliphatic rings. The fourth-order valence-corrected chi connectivity index (χ4v) is 7.00. The van der Waals surface area contributed by atoms with E-state index in [1.807, 2.05) is 0 Å². The normalized spacial score (nSPS) is 20.1. The number of rotatable bonds is 23. The number of carbonyl (C=O) groups excluding carboxylic acids is 4. The Morgan fingerprint density at radius 2 is 1.39 bits per heavy atom. The third kappa shape index (κ3) is 15.1. The molecule has 2 unspecified atom stereocenters. The number of hydrogen-bond donors (Lipinski definition) is 10. The van der Waals surface area contributed by atoms with Gasteiger partial charge in [-0.1, -0.05) is 54.6 Å². The fraction of sp³-hybridized carbons (Fsp3) is 0.410. The predicted octanol–water partition coefficient (Wildman–Crippen LogP) is -2.28. The molecular formula is C39H49N5O16S2. The monoisotopic (exact) mass is 907 g/mol. The van der Waals surface area contributed by atoms with E-state index in [1.54, 1.807) is 36.6 Å². The number of nitrogens with one attached hydrogen (secondary N) is 4. The number of hydrogen-bond acceptors (Lipinski definition) is 17. The maximum absolute atomic E-state index is 13.1. The lowest BCUT2D eigenvalue weighted by molar-refractivity contribution is -0.277. The first-order valence-electron chi connectivity index (χ1n) is 18.9. The summed E-state index contributed by atoms with van der Waals surface area (Å²) in [6, 6.07) is 16.0. The number of carboxylic acid groups (broad SMARTS) is 1. The molecule has 0 radical (unpaired) electrons. The predicted molar refractivity (Wildman–Crippen MR) is 220 cm³/mol. The van der Waals surface area contributed by atoms with Crippen LogP contribution in [0.3, 0.4) is 0 Å². The summed E-state index contributed by atoms with van der Waals surface area (Å²) < 4.78 is 46.5. The Labute approximate surface area is 360 Å². The molecule has 0 aliphatic carbocycles. The number of aliphatic carboxylic acids is 1. The molecule has 11 N–H and O–H groups in total. The van der Waals surface area contributed by atoms with Crippen molar-refractivity contribution in [3.63, 3.8) is 0 Å². The summed E-state index contributed by atoms with van der Waals surface area (Å²) in [6.45, 7) is -1.83. The van der Waals surface area contributed by atoms with Crippen LogP contribution in [0.15, 0.2) is 78.9 Å². The third-order valence-electron chi connectivity index (χ3n) is 9.08. The average molecular weight is 908 g/mol. The molecule has 1 saturated heterocycles. The van der Waals surface area contributed by atoms with E-state index in [4.69, 9.17) is 23.6 Å². The summed E-state index contributed by atoms with van der Waals surface area (Å²) in [5.41, 5.74) is 7.19. The van der Waals surface area contributed by atoms with Crippen molar-refractivity contribution in [3.05, 3.63) is 90.0 Å². The standard InChI is InChI=1S/C39H49N5O16S2/c1-61-16-15-26(38(53)54)44-37(52)27(18-22-7-3-2-4-8-22)43-32(47)20-41-31(46)19-42-36(51)25(40)17-23-11-13-24(14-12-23)59-62(55,56)60-29-10-6-5-9-28(29)57-39-35(50)34(49)33(48)30(21-45)58-39/h2-14,25-27,30,33-35,39,45,48-50H,15-21,40H2,1H3,(H,41,46)(H,42,51)(H,43,47)(H,44,52)(H,53,54)/t25-,26-,27-,30+,33-,34-,35?,39?/m0/s1. The first kappa shape index (κ1) is 49.1. The van der Waals surface area contributed by atoms with E-state index in [2.05, 4.69) is 21.3 Å². The van der Waals surface area contributed by atoms with Crippen LogP contribution >= 0.6 is 11.8 Å². The van der Waals surface area contributed by atoms with E-state index in [-0.39, 0.29) is 30.8 Å². The van der Waals surface area contributed by atoms with E-state index in [0.717, 1.165) is 0 Å². The number of aliphatic hydroxyl groups is 4. The van der Waals surface area contributed by atoms with Crippen LogP contribution in [0, 0.1) is 0 Å². The highest BCUT2D eigenvalue weighted by molar-refractivity contribution is 7.98. The van der Waals surface area contributed by atoms with Crippen molar-refractivity contribution >= 4 is 51.8 Å². The van der Waals surface area contributed by atoms with Gasteiger partial charge in [-0.25, -0.2) is 4.79 Å². The Balaban J connectivity index is 1.23. The molecule has 1 fully saturated rings. The highest BCUT2D eigenvalue weighted by Crippen LogP contribution is 2.32. The Morgan fingerprint density at radius 3 is 2.03 bits per heavy atom. The molecule has 0 saturated carbocycles. The van der Waals surface area contributed by atoms with Crippen LogP contribution in [0.1, 0.15) is 17.5 Å². The summed E-state index contributed by atoms with van der Waals surface area (Å²) >= 11 is 1.41. The number of thioether (sulfide) groups is 1. The van der Waals surface area contributed by atoms with Crippen molar-refractivity contribution in [2.24, 2.45) is 5.73 Å². The number of ether oxygens (including phenoxy) is 2. The second-order valence-corrected chi connectivity index (χ2v) is 15.9. The summed E-state index contributed by atoms with van der Waals surface area (Å²) in [7, 11) is -4.81. The Kier molecular flexibility index (Phi) is 18.7. The van der Waals surface area contributed by atoms with Crippen LogP contribution in [-0.4, -0.2) is 144 Å². The second-order valence-electron chi connectivity index (χ2n) is 13.8. The second kappa shape index (κ2) is 23.6. The van der Waals surface area contributed by atoms with Crippen LogP contribution in [0.4, 0.5) is 0 Å². The molecule has 3 aromatic carbocycles. The van der Waals surface area contributed by atoms with Gasteiger partial charge in [-0.2, -0.15) is 11.8 Å². The summed E-state index contributed by atoms with van der Waals surface area (Å²) in [5, 5.41) is 59.0. The molecule has 4 amide bonds. The minimum absolute atomic E-state index is 0.0444. The molecule has 1 aliphatic heterocycles. The molecule has 338 valence electrons. The number of para-hydroxylation sites is 2. The third-order valence-corrected chi connectivity index (χ3v) is 10.5. The smallest absolute Gasteiger partial charge is 0.480 e. The van der Waals surface area contributed by atoms with Crippen LogP contribution in [0.2, 0.25) is 0 Å². The van der Waals surface area contributed by atoms with Gasteiger partial charge in [0.2, 0.25) is 29.9 Å². The number of benzene rings is 3. The number of carbonyl (C=O) groups is 5. The van der Waals surface area contributed by atoms with Crippen molar-refractivity contribution in [1.29, 1.82) is 0 Å². The van der Waals surface area contributed by atoms with Gasteiger partial charge in [-0.15, -0.1) is 8.42 Å². The molecule has 21 nitrogen and oxygen atoms in total. The van der Waals surface area contributed by atoms with Crippen LogP contribution in [-0.2, 0) is 52.0 Å². The lowest BCUT2D eigenvalue weighted by Crippen LogP contribution is -2.60. The molecule has 3 aromatic rings. The largest absolute Gasteiger partial charge is 0.501 e. The van der Waals surface area contributed by atoms with Gasteiger partial charge < -0.3 is 70.4 Å². The fourth-order valence-electron chi connectivity index (χ4n) is 5.79. The van der Waals surface area contributed by atoms with E-state index in [9.17, 15) is 57.9 Å². The summed E-state index contributed by atoms with van der Waals surface area (Å²) in [4.78, 5) is 62.7. The highest BCUT2D eigenvalue weighted by Gasteiger charge is 2.45. The first-order chi connectivity index (χ1) is 29.5. The average Bonchev–Trinajstić information content (AvgIpc) is 3.24. The van der Waals surface area contributed by atoms with Gasteiger partial charge in [0.15, 0.2) is 11.5 Å².